The van der Waals surface area contributed by atoms with Crippen molar-refractivity contribution in [3.8, 4) is 5.75 Å². The molecule has 1 atom stereocenters. The molecule has 27 heavy (non-hydrogen) atoms. The number of furan rings is 1. The summed E-state index contributed by atoms with van der Waals surface area (Å²) in [6.45, 7) is 3.44. The van der Waals surface area contributed by atoms with E-state index < -0.39 is 32.6 Å². The fourth-order valence-electron chi connectivity index (χ4n) is 2.97. The van der Waals surface area contributed by atoms with Crippen molar-refractivity contribution in [3.63, 3.8) is 0 Å². The Morgan fingerprint density at radius 1 is 1.41 bits per heavy atom. The smallest absolute Gasteiger partial charge is 0.355 e. The van der Waals surface area contributed by atoms with E-state index in [-0.39, 0.29) is 0 Å². The van der Waals surface area contributed by atoms with Gasteiger partial charge in [0.05, 0.1) is 19.3 Å². The number of nitrogens with one attached hydrogen (secondary N) is 1. The van der Waals surface area contributed by atoms with Crippen molar-refractivity contribution in [2.75, 3.05) is 7.11 Å². The number of benzene rings is 1. The fraction of sp³-hybridized carbons (Fsp3) is 0.294. The Labute approximate surface area is 155 Å². The first-order chi connectivity index (χ1) is 12.7. The maximum Gasteiger partial charge on any atom is 0.355 e. The van der Waals surface area contributed by atoms with E-state index in [2.05, 4.69) is 9.82 Å². The molecule has 2 heterocycles. The number of carboxylic acid groups (broad SMARTS) is 1. The molecule has 144 valence electrons. The summed E-state index contributed by atoms with van der Waals surface area (Å²) in [6.07, 6.45) is 1.01. The zero-order chi connectivity index (χ0) is 19.9. The summed E-state index contributed by atoms with van der Waals surface area (Å²) in [5.74, 6) is -0.287. The minimum absolute atomic E-state index is 0.403. The maximum atomic E-state index is 12.7. The first-order valence-electron chi connectivity index (χ1n) is 8.00. The van der Waals surface area contributed by atoms with Crippen molar-refractivity contribution in [2.45, 2.75) is 24.8 Å². The van der Waals surface area contributed by atoms with Gasteiger partial charge >= 0.3 is 5.97 Å². The molecule has 0 spiro atoms. The standard InChI is InChI=1S/C17H19N3O6S/c1-9-12-7-11(25-4)5-6-13(12)26-16(9)10(2)19-27(23,24)14-8-18-20(3)15(14)17(21)22/h5-8,10,19H,1-4H3,(H,21,22). The van der Waals surface area contributed by atoms with Gasteiger partial charge in [-0.1, -0.05) is 0 Å². The third kappa shape index (κ3) is 3.28. The lowest BCUT2D eigenvalue weighted by atomic mass is 10.1. The van der Waals surface area contributed by atoms with Crippen LogP contribution >= 0.6 is 0 Å². The predicted octanol–water partition coefficient (Wildman–Crippen LogP) is 2.22. The molecule has 0 aliphatic rings. The molecule has 1 unspecified atom stereocenters. The van der Waals surface area contributed by atoms with Gasteiger partial charge in [-0.15, -0.1) is 0 Å². The second kappa shape index (κ2) is 6.71. The predicted molar refractivity (Wildman–Crippen MR) is 96.4 cm³/mol. The number of ether oxygens (including phenoxy) is 1. The fourth-order valence-corrected chi connectivity index (χ4v) is 4.33. The Balaban J connectivity index is 1.98. The van der Waals surface area contributed by atoms with Crippen molar-refractivity contribution < 1.29 is 27.5 Å². The third-order valence-electron chi connectivity index (χ3n) is 4.30. The SMILES string of the molecule is COc1ccc2oc(C(C)NS(=O)(=O)c3cnn(C)c3C(=O)O)c(C)c2c1. The third-order valence-corrected chi connectivity index (χ3v) is 5.84. The molecular weight excluding hydrogens is 374 g/mol. The number of hydrogen-bond donors (Lipinski definition) is 2. The van der Waals surface area contributed by atoms with E-state index in [1.54, 1.807) is 26.2 Å². The largest absolute Gasteiger partial charge is 0.497 e. The van der Waals surface area contributed by atoms with Crippen LogP contribution in [0.2, 0.25) is 0 Å². The molecule has 0 fully saturated rings. The van der Waals surface area contributed by atoms with Gasteiger partial charge in [0.15, 0.2) is 5.69 Å². The zero-order valence-corrected chi connectivity index (χ0v) is 16.0. The molecule has 3 aromatic rings. The van der Waals surface area contributed by atoms with Gasteiger partial charge in [0.2, 0.25) is 10.0 Å². The highest BCUT2D eigenvalue weighted by Crippen LogP contribution is 2.32. The van der Waals surface area contributed by atoms with Crippen LogP contribution in [-0.4, -0.2) is 36.4 Å². The average molecular weight is 393 g/mol. The minimum Gasteiger partial charge on any atom is -0.497 e. The molecule has 0 saturated heterocycles. The Morgan fingerprint density at radius 2 is 2.11 bits per heavy atom. The summed E-state index contributed by atoms with van der Waals surface area (Å²) in [5.41, 5.74) is 0.950. The quantitative estimate of drug-likeness (QED) is 0.658. The molecule has 2 N–H and O–H groups in total. The van der Waals surface area contributed by atoms with Gasteiger partial charge < -0.3 is 14.3 Å². The lowest BCUT2D eigenvalue weighted by molar-refractivity contribution is 0.0680. The Morgan fingerprint density at radius 3 is 2.74 bits per heavy atom. The number of methoxy groups -OCH3 is 1. The summed E-state index contributed by atoms with van der Waals surface area (Å²) in [4.78, 5) is 11.0. The van der Waals surface area contributed by atoms with Gasteiger partial charge in [-0.3, -0.25) is 4.68 Å². The molecule has 2 aromatic heterocycles. The summed E-state index contributed by atoms with van der Waals surface area (Å²) in [7, 11) is -1.21. The molecular formula is C17H19N3O6S. The molecule has 3 rings (SSSR count). The first-order valence-corrected chi connectivity index (χ1v) is 9.48. The molecule has 0 aliphatic carbocycles. The van der Waals surface area contributed by atoms with E-state index in [1.807, 2.05) is 13.0 Å². The topological polar surface area (TPSA) is 124 Å². The van der Waals surface area contributed by atoms with E-state index >= 15 is 0 Å². The molecule has 9 nitrogen and oxygen atoms in total. The van der Waals surface area contributed by atoms with Crippen molar-refractivity contribution in [2.24, 2.45) is 7.05 Å². The van der Waals surface area contributed by atoms with Crippen LogP contribution in [0.5, 0.6) is 5.75 Å². The number of fused-ring (bicyclic) bond motifs is 1. The van der Waals surface area contributed by atoms with Crippen LogP contribution in [-0.2, 0) is 17.1 Å². The number of aryl methyl sites for hydroxylation is 2. The van der Waals surface area contributed by atoms with Crippen molar-refractivity contribution in [3.05, 3.63) is 41.4 Å². The highest BCUT2D eigenvalue weighted by Gasteiger charge is 2.29. The summed E-state index contributed by atoms with van der Waals surface area (Å²) in [6, 6.07) is 4.58. The molecule has 1 aromatic carbocycles. The van der Waals surface area contributed by atoms with E-state index in [0.717, 1.165) is 21.8 Å². The van der Waals surface area contributed by atoms with E-state index in [9.17, 15) is 18.3 Å². The van der Waals surface area contributed by atoms with Gasteiger partial charge in [-0.25, -0.2) is 17.9 Å². The number of sulfonamides is 1. The number of hydrogen-bond acceptors (Lipinski definition) is 6. The summed E-state index contributed by atoms with van der Waals surface area (Å²) < 4.78 is 39.9. The molecule has 10 heteroatoms. The summed E-state index contributed by atoms with van der Waals surface area (Å²) in [5, 5.41) is 13.8. The van der Waals surface area contributed by atoms with Crippen molar-refractivity contribution >= 4 is 27.0 Å². The van der Waals surface area contributed by atoms with Crippen LogP contribution in [0.15, 0.2) is 33.7 Å². The molecule has 0 amide bonds. The van der Waals surface area contributed by atoms with Gasteiger partial charge in [0, 0.05) is 18.0 Å². The lowest BCUT2D eigenvalue weighted by Crippen LogP contribution is -2.28. The van der Waals surface area contributed by atoms with Gasteiger partial charge in [-0.2, -0.15) is 5.10 Å². The van der Waals surface area contributed by atoms with Crippen molar-refractivity contribution in [1.29, 1.82) is 0 Å². The van der Waals surface area contributed by atoms with Crippen LogP contribution in [0.25, 0.3) is 11.0 Å². The van der Waals surface area contributed by atoms with E-state index in [0.29, 0.717) is 17.1 Å². The number of aromatic carboxylic acids is 1. The number of aromatic nitrogens is 2. The zero-order valence-electron chi connectivity index (χ0n) is 15.2. The number of carboxylic acids is 1. The highest BCUT2D eigenvalue weighted by molar-refractivity contribution is 7.89. The van der Waals surface area contributed by atoms with Crippen LogP contribution in [0.4, 0.5) is 0 Å². The molecule has 0 radical (unpaired) electrons. The molecule has 0 saturated carbocycles. The van der Waals surface area contributed by atoms with E-state index in [1.165, 1.54) is 7.05 Å². The lowest BCUT2D eigenvalue weighted by Gasteiger charge is -2.13. The Bertz CT molecular complexity index is 1130. The number of nitrogens with zero attached hydrogens (tertiary/aromatic N) is 2. The van der Waals surface area contributed by atoms with Gasteiger partial charge in [-0.05, 0) is 32.0 Å². The summed E-state index contributed by atoms with van der Waals surface area (Å²) >= 11 is 0. The first kappa shape index (κ1) is 18.9. The normalized spacial score (nSPS) is 13.0. The second-order valence-electron chi connectivity index (χ2n) is 6.08. The van der Waals surface area contributed by atoms with Crippen LogP contribution in [0.1, 0.15) is 34.8 Å². The number of carbonyl (C=O) groups is 1. The maximum absolute atomic E-state index is 12.7. The molecule has 0 bridgehead atoms. The molecule has 0 aliphatic heterocycles. The number of rotatable bonds is 6. The van der Waals surface area contributed by atoms with Crippen LogP contribution in [0, 0.1) is 6.92 Å². The Hall–Kier alpha value is -2.85. The van der Waals surface area contributed by atoms with E-state index in [4.69, 9.17) is 9.15 Å². The van der Waals surface area contributed by atoms with Crippen LogP contribution in [0.3, 0.4) is 0 Å². The highest BCUT2D eigenvalue weighted by atomic mass is 32.2. The van der Waals surface area contributed by atoms with Gasteiger partial charge in [0.1, 0.15) is 22.0 Å². The average Bonchev–Trinajstić information content (AvgIpc) is 3.15. The Kier molecular flexibility index (Phi) is 4.70. The minimum atomic E-state index is -4.13. The second-order valence-corrected chi connectivity index (χ2v) is 7.76. The van der Waals surface area contributed by atoms with Crippen molar-refractivity contribution in [1.82, 2.24) is 14.5 Å². The van der Waals surface area contributed by atoms with Crippen LogP contribution < -0.4 is 9.46 Å². The monoisotopic (exact) mass is 393 g/mol. The van der Waals surface area contributed by atoms with Gasteiger partial charge in [0.25, 0.3) is 0 Å².